The molecule has 6 heteroatoms. The van der Waals surface area contributed by atoms with Gasteiger partial charge in [-0.3, -0.25) is 4.79 Å². The molecule has 3 rings (SSSR count). The molecule has 0 aliphatic heterocycles. The number of anilines is 2. The number of hydrogen-bond acceptors (Lipinski definition) is 5. The molecule has 0 saturated heterocycles. The first kappa shape index (κ1) is 19.4. The van der Waals surface area contributed by atoms with Crippen molar-refractivity contribution < 1.29 is 9.53 Å². The van der Waals surface area contributed by atoms with Gasteiger partial charge in [0.2, 0.25) is 5.95 Å². The maximum atomic E-state index is 12.6. The van der Waals surface area contributed by atoms with Gasteiger partial charge in [-0.2, -0.15) is 0 Å². The first-order valence-corrected chi connectivity index (χ1v) is 9.14. The molecule has 1 aromatic heterocycles. The van der Waals surface area contributed by atoms with Crippen LogP contribution in [0.15, 0.2) is 54.7 Å². The number of nitrogens with zero attached hydrogens (tertiary/aromatic N) is 2. The van der Waals surface area contributed by atoms with Gasteiger partial charge >= 0.3 is 0 Å². The zero-order valence-corrected chi connectivity index (χ0v) is 16.3. The third kappa shape index (κ3) is 4.85. The topological polar surface area (TPSA) is 76.1 Å². The molecule has 28 heavy (non-hydrogen) atoms. The van der Waals surface area contributed by atoms with E-state index in [9.17, 15) is 4.79 Å². The van der Waals surface area contributed by atoms with Gasteiger partial charge in [-0.25, -0.2) is 9.97 Å². The van der Waals surface area contributed by atoms with Crippen molar-refractivity contribution in [1.29, 1.82) is 0 Å². The fourth-order valence-corrected chi connectivity index (χ4v) is 2.91. The molecule has 144 valence electrons. The quantitative estimate of drug-likeness (QED) is 0.652. The molecule has 0 saturated carbocycles. The number of rotatable bonds is 7. The van der Waals surface area contributed by atoms with E-state index < -0.39 is 0 Å². The van der Waals surface area contributed by atoms with E-state index in [1.807, 2.05) is 56.3 Å². The van der Waals surface area contributed by atoms with E-state index >= 15 is 0 Å². The van der Waals surface area contributed by atoms with Gasteiger partial charge in [-0.15, -0.1) is 0 Å². The summed E-state index contributed by atoms with van der Waals surface area (Å²) in [7, 11) is 1.65. The average molecular weight is 376 g/mol. The van der Waals surface area contributed by atoms with Gasteiger partial charge in [-0.05, 0) is 55.2 Å². The molecule has 2 N–H and O–H groups in total. The zero-order valence-electron chi connectivity index (χ0n) is 16.3. The monoisotopic (exact) mass is 376 g/mol. The Morgan fingerprint density at radius 1 is 1.07 bits per heavy atom. The molecule has 3 aromatic rings. The Morgan fingerprint density at radius 2 is 1.82 bits per heavy atom. The molecule has 0 radical (unpaired) electrons. The van der Waals surface area contributed by atoms with E-state index in [1.54, 1.807) is 19.4 Å². The molecule has 2 aromatic carbocycles. The molecular formula is C22H24N4O2. The molecule has 0 atom stereocenters. The fourth-order valence-electron chi connectivity index (χ4n) is 2.91. The second-order valence-corrected chi connectivity index (χ2v) is 6.51. The summed E-state index contributed by atoms with van der Waals surface area (Å²) in [5.74, 6) is 1.01. The van der Waals surface area contributed by atoms with E-state index in [0.717, 1.165) is 34.5 Å². The van der Waals surface area contributed by atoms with Crippen LogP contribution in [0.25, 0.3) is 0 Å². The number of hydrogen-bond donors (Lipinski definition) is 2. The lowest BCUT2D eigenvalue weighted by atomic mass is 10.1. The average Bonchev–Trinajstić information content (AvgIpc) is 2.71. The summed E-state index contributed by atoms with van der Waals surface area (Å²) in [5.41, 5.74) is 4.31. The van der Waals surface area contributed by atoms with Crippen LogP contribution >= 0.6 is 0 Å². The van der Waals surface area contributed by atoms with Crippen LogP contribution in [0.1, 0.15) is 27.2 Å². The maximum Gasteiger partial charge on any atom is 0.274 e. The van der Waals surface area contributed by atoms with Gasteiger partial charge in [-0.1, -0.05) is 30.3 Å². The summed E-state index contributed by atoms with van der Waals surface area (Å²) < 4.78 is 5.24. The lowest BCUT2D eigenvalue weighted by molar-refractivity contribution is 0.102. The Hall–Kier alpha value is -3.41. The largest absolute Gasteiger partial charge is 0.497 e. The highest BCUT2D eigenvalue weighted by Gasteiger charge is 2.12. The van der Waals surface area contributed by atoms with Crippen molar-refractivity contribution in [1.82, 2.24) is 9.97 Å². The van der Waals surface area contributed by atoms with Crippen LogP contribution in [-0.2, 0) is 6.42 Å². The minimum Gasteiger partial charge on any atom is -0.497 e. The summed E-state index contributed by atoms with van der Waals surface area (Å²) in [6, 6.07) is 15.4. The Morgan fingerprint density at radius 3 is 2.57 bits per heavy atom. The highest BCUT2D eigenvalue weighted by molar-refractivity contribution is 6.03. The van der Waals surface area contributed by atoms with Crippen LogP contribution in [0.5, 0.6) is 5.75 Å². The molecule has 0 fully saturated rings. The van der Waals surface area contributed by atoms with Crippen molar-refractivity contribution in [3.8, 4) is 5.75 Å². The number of aryl methyl sites for hydroxylation is 2. The number of carbonyl (C=O) groups is 1. The number of para-hydroxylation sites is 1. The van der Waals surface area contributed by atoms with Gasteiger partial charge < -0.3 is 15.4 Å². The Kier molecular flexibility index (Phi) is 6.22. The summed E-state index contributed by atoms with van der Waals surface area (Å²) >= 11 is 0. The van der Waals surface area contributed by atoms with Crippen molar-refractivity contribution in [2.24, 2.45) is 0 Å². The highest BCUT2D eigenvalue weighted by atomic mass is 16.5. The van der Waals surface area contributed by atoms with Crippen LogP contribution in [0.3, 0.4) is 0 Å². The Balaban J connectivity index is 1.62. The van der Waals surface area contributed by atoms with Gasteiger partial charge in [0, 0.05) is 18.4 Å². The van der Waals surface area contributed by atoms with Crippen LogP contribution < -0.4 is 15.4 Å². The summed E-state index contributed by atoms with van der Waals surface area (Å²) in [5, 5.41) is 6.12. The van der Waals surface area contributed by atoms with Gasteiger partial charge in [0.05, 0.1) is 7.11 Å². The lowest BCUT2D eigenvalue weighted by Gasteiger charge is -2.11. The molecular weight excluding hydrogens is 352 g/mol. The molecule has 0 bridgehead atoms. The van der Waals surface area contributed by atoms with Gasteiger partial charge in [0.1, 0.15) is 11.4 Å². The second-order valence-electron chi connectivity index (χ2n) is 6.51. The molecule has 0 aliphatic carbocycles. The zero-order chi connectivity index (χ0) is 19.9. The molecule has 6 nitrogen and oxygen atoms in total. The number of methoxy groups -OCH3 is 1. The van der Waals surface area contributed by atoms with Crippen molar-refractivity contribution in [3.63, 3.8) is 0 Å². The van der Waals surface area contributed by atoms with Crippen molar-refractivity contribution in [2.75, 3.05) is 24.3 Å². The van der Waals surface area contributed by atoms with E-state index in [-0.39, 0.29) is 5.91 Å². The summed E-state index contributed by atoms with van der Waals surface area (Å²) in [6.07, 6.45) is 2.37. The van der Waals surface area contributed by atoms with Crippen LogP contribution in [0.2, 0.25) is 0 Å². The predicted molar refractivity (Wildman–Crippen MR) is 111 cm³/mol. The minimum absolute atomic E-state index is 0.254. The first-order valence-electron chi connectivity index (χ1n) is 9.14. The number of carbonyl (C=O) groups excluding carboxylic acids is 1. The van der Waals surface area contributed by atoms with Crippen molar-refractivity contribution >= 4 is 17.5 Å². The van der Waals surface area contributed by atoms with Crippen molar-refractivity contribution in [3.05, 3.63) is 77.1 Å². The minimum atomic E-state index is -0.254. The molecule has 0 spiro atoms. The Bertz CT molecular complexity index is 952. The highest BCUT2D eigenvalue weighted by Crippen LogP contribution is 2.20. The normalized spacial score (nSPS) is 10.4. The van der Waals surface area contributed by atoms with E-state index in [2.05, 4.69) is 20.6 Å². The molecule has 1 amide bonds. The standard InChI is InChI=1S/C22H24N4O2/c1-15-6-4-7-16(2)20(15)26-21(27)19-11-13-24-22(25-19)23-12-10-17-8-5-9-18(14-17)28-3/h4-9,11,13-14H,10,12H2,1-3H3,(H,26,27)(H,23,24,25). The summed E-state index contributed by atoms with van der Waals surface area (Å²) in [4.78, 5) is 21.1. The maximum absolute atomic E-state index is 12.6. The SMILES string of the molecule is COc1cccc(CCNc2nccc(C(=O)Nc3c(C)cccc3C)n2)c1. The lowest BCUT2D eigenvalue weighted by Crippen LogP contribution is -2.17. The number of amides is 1. The smallest absolute Gasteiger partial charge is 0.274 e. The van der Waals surface area contributed by atoms with E-state index in [4.69, 9.17) is 4.74 Å². The fraction of sp³-hybridized carbons (Fsp3) is 0.227. The number of benzene rings is 2. The first-order chi connectivity index (χ1) is 13.6. The number of ether oxygens (including phenoxy) is 1. The third-order valence-corrected chi connectivity index (χ3v) is 4.44. The third-order valence-electron chi connectivity index (χ3n) is 4.44. The van der Waals surface area contributed by atoms with Crippen LogP contribution in [-0.4, -0.2) is 29.5 Å². The molecule has 0 aliphatic rings. The van der Waals surface area contributed by atoms with E-state index in [0.29, 0.717) is 18.2 Å². The molecule has 0 unspecified atom stereocenters. The number of aromatic nitrogens is 2. The van der Waals surface area contributed by atoms with Gasteiger partial charge in [0.15, 0.2) is 0 Å². The van der Waals surface area contributed by atoms with Crippen molar-refractivity contribution in [2.45, 2.75) is 20.3 Å². The predicted octanol–water partition coefficient (Wildman–Crippen LogP) is 4.01. The molecule has 1 heterocycles. The number of nitrogens with one attached hydrogen (secondary N) is 2. The van der Waals surface area contributed by atoms with Gasteiger partial charge in [0.25, 0.3) is 5.91 Å². The van der Waals surface area contributed by atoms with E-state index in [1.165, 1.54) is 0 Å². The Labute approximate surface area is 165 Å². The second kappa shape index (κ2) is 8.99. The van der Waals surface area contributed by atoms with Crippen LogP contribution in [0.4, 0.5) is 11.6 Å². The summed E-state index contributed by atoms with van der Waals surface area (Å²) in [6.45, 7) is 4.58. The van der Waals surface area contributed by atoms with Crippen LogP contribution in [0, 0.1) is 13.8 Å².